The molecule has 0 spiro atoms. The maximum Gasteiger partial charge on any atom is 1.00 e. The van der Waals surface area contributed by atoms with Crippen molar-refractivity contribution in [1.82, 2.24) is 0 Å². The maximum absolute atomic E-state index is 10.9. The molecule has 0 atom stereocenters. The zero-order chi connectivity index (χ0) is 8.48. The minimum absolute atomic E-state index is 0. The molecule has 0 bridgehead atoms. The van der Waals surface area contributed by atoms with Crippen molar-refractivity contribution in [2.45, 2.75) is 4.90 Å². The number of para-hydroxylation sites is 1. The van der Waals surface area contributed by atoms with E-state index in [-0.39, 0.29) is 34.5 Å². The van der Waals surface area contributed by atoms with Crippen LogP contribution >= 0.6 is 0 Å². The van der Waals surface area contributed by atoms with Gasteiger partial charge in [-0.2, -0.15) is 0 Å². The standard InChI is InChI=1S/C7H8O3S.Na/c1-11(9,10)7-5-3-2-4-6(7)8;/h2-5,8H,1H3;/q;+1/p-1. The molecule has 0 heterocycles. The number of hydrogen-bond acceptors (Lipinski definition) is 3. The van der Waals surface area contributed by atoms with Gasteiger partial charge in [0.2, 0.25) is 0 Å². The van der Waals surface area contributed by atoms with Gasteiger partial charge in [0.1, 0.15) is 0 Å². The molecule has 0 aromatic heterocycles. The van der Waals surface area contributed by atoms with Crippen LogP contribution in [0.2, 0.25) is 0 Å². The molecule has 3 nitrogen and oxygen atoms in total. The van der Waals surface area contributed by atoms with Crippen molar-refractivity contribution in [2.24, 2.45) is 0 Å². The van der Waals surface area contributed by atoms with Crippen LogP contribution < -0.4 is 34.7 Å². The van der Waals surface area contributed by atoms with E-state index in [0.29, 0.717) is 0 Å². The van der Waals surface area contributed by atoms with E-state index in [1.54, 1.807) is 0 Å². The van der Waals surface area contributed by atoms with E-state index in [1.807, 2.05) is 0 Å². The molecule has 0 aliphatic rings. The predicted molar refractivity (Wildman–Crippen MR) is 39.0 cm³/mol. The number of benzene rings is 1. The van der Waals surface area contributed by atoms with Crippen molar-refractivity contribution >= 4 is 9.84 Å². The van der Waals surface area contributed by atoms with Gasteiger partial charge in [0.05, 0.1) is 4.90 Å². The first-order valence-electron chi connectivity index (χ1n) is 2.98. The van der Waals surface area contributed by atoms with Gasteiger partial charge in [-0.3, -0.25) is 0 Å². The number of sulfone groups is 1. The summed E-state index contributed by atoms with van der Waals surface area (Å²) < 4.78 is 21.7. The molecule has 12 heavy (non-hydrogen) atoms. The van der Waals surface area contributed by atoms with Crippen LogP contribution in [0.3, 0.4) is 0 Å². The summed E-state index contributed by atoms with van der Waals surface area (Å²) in [5.74, 6) is -0.449. The van der Waals surface area contributed by atoms with E-state index in [0.717, 1.165) is 6.26 Å². The topological polar surface area (TPSA) is 57.2 Å². The molecule has 0 fully saturated rings. The molecular formula is C7H7NaO3S. The van der Waals surface area contributed by atoms with Gasteiger partial charge in [0.15, 0.2) is 9.84 Å². The Morgan fingerprint density at radius 2 is 1.75 bits per heavy atom. The molecule has 1 rings (SSSR count). The minimum Gasteiger partial charge on any atom is -0.872 e. The first-order chi connectivity index (χ1) is 5.02. The summed E-state index contributed by atoms with van der Waals surface area (Å²) in [7, 11) is -3.35. The van der Waals surface area contributed by atoms with E-state index in [1.165, 1.54) is 24.3 Å². The molecule has 1 aromatic carbocycles. The third-order valence-electron chi connectivity index (χ3n) is 1.25. The van der Waals surface area contributed by atoms with Gasteiger partial charge in [-0.15, -0.1) is 0 Å². The SMILES string of the molecule is CS(=O)(=O)c1ccccc1[O-].[Na+]. The van der Waals surface area contributed by atoms with E-state index in [2.05, 4.69) is 0 Å². The van der Waals surface area contributed by atoms with E-state index < -0.39 is 15.6 Å². The molecule has 0 aliphatic carbocycles. The van der Waals surface area contributed by atoms with Crippen LogP contribution in [-0.4, -0.2) is 14.7 Å². The second-order valence-electron chi connectivity index (χ2n) is 2.22. The van der Waals surface area contributed by atoms with E-state index in [4.69, 9.17) is 0 Å². The molecule has 0 aliphatic heterocycles. The summed E-state index contributed by atoms with van der Waals surface area (Å²) in [6, 6.07) is 5.57. The van der Waals surface area contributed by atoms with Gasteiger partial charge < -0.3 is 5.11 Å². The van der Waals surface area contributed by atoms with Gasteiger partial charge in [0.25, 0.3) is 0 Å². The van der Waals surface area contributed by atoms with Crippen LogP contribution in [-0.2, 0) is 9.84 Å². The Morgan fingerprint density at radius 1 is 1.25 bits per heavy atom. The summed E-state index contributed by atoms with van der Waals surface area (Å²) >= 11 is 0. The zero-order valence-corrected chi connectivity index (χ0v) is 9.76. The Kier molecular flexibility index (Phi) is 4.26. The Bertz CT molecular complexity index is 359. The van der Waals surface area contributed by atoms with Crippen molar-refractivity contribution in [2.75, 3.05) is 6.26 Å². The minimum atomic E-state index is -3.35. The fourth-order valence-electron chi connectivity index (χ4n) is 0.756. The average molecular weight is 194 g/mol. The molecular weight excluding hydrogens is 187 g/mol. The fourth-order valence-corrected chi connectivity index (χ4v) is 1.52. The normalized spacial score (nSPS) is 10.4. The average Bonchev–Trinajstić information content (AvgIpc) is 1.86. The Labute approximate surface area is 93.6 Å². The third-order valence-corrected chi connectivity index (χ3v) is 2.38. The first kappa shape index (κ1) is 12.0. The monoisotopic (exact) mass is 194 g/mol. The van der Waals surface area contributed by atoms with Crippen LogP contribution in [0.4, 0.5) is 0 Å². The maximum atomic E-state index is 10.9. The van der Waals surface area contributed by atoms with Crippen molar-refractivity contribution in [3.05, 3.63) is 24.3 Å². The molecule has 1 aromatic rings. The zero-order valence-electron chi connectivity index (χ0n) is 6.94. The Morgan fingerprint density at radius 3 is 2.08 bits per heavy atom. The van der Waals surface area contributed by atoms with Crippen LogP contribution in [0.1, 0.15) is 0 Å². The molecule has 60 valence electrons. The number of rotatable bonds is 1. The summed E-state index contributed by atoms with van der Waals surface area (Å²) in [4.78, 5) is -0.139. The van der Waals surface area contributed by atoms with Gasteiger partial charge in [-0.05, 0) is 6.07 Å². The van der Waals surface area contributed by atoms with E-state index >= 15 is 0 Å². The Hall–Kier alpha value is -0.0300. The molecule has 0 unspecified atom stereocenters. The summed E-state index contributed by atoms with van der Waals surface area (Å²) in [5.41, 5.74) is 0. The molecule has 0 N–H and O–H groups in total. The van der Waals surface area contributed by atoms with Gasteiger partial charge in [-0.25, -0.2) is 8.42 Å². The fraction of sp³-hybridized carbons (Fsp3) is 0.143. The largest absolute Gasteiger partial charge is 1.00 e. The van der Waals surface area contributed by atoms with Crippen molar-refractivity contribution in [1.29, 1.82) is 0 Å². The van der Waals surface area contributed by atoms with Crippen molar-refractivity contribution in [3.63, 3.8) is 0 Å². The van der Waals surface area contributed by atoms with Gasteiger partial charge >= 0.3 is 29.6 Å². The molecule has 0 saturated carbocycles. The predicted octanol–water partition coefficient (Wildman–Crippen LogP) is -2.83. The number of hydrogen-bond donors (Lipinski definition) is 0. The molecule has 5 heteroatoms. The first-order valence-corrected chi connectivity index (χ1v) is 4.87. The second kappa shape index (κ2) is 4.28. The van der Waals surface area contributed by atoms with Crippen molar-refractivity contribution < 1.29 is 43.1 Å². The quantitative estimate of drug-likeness (QED) is 0.453. The summed E-state index contributed by atoms with van der Waals surface area (Å²) in [6.45, 7) is 0. The summed E-state index contributed by atoms with van der Waals surface area (Å²) in [6.07, 6.45) is 1.02. The molecule has 0 saturated heterocycles. The van der Waals surface area contributed by atoms with Crippen molar-refractivity contribution in [3.8, 4) is 5.75 Å². The molecule has 0 amide bonds. The second-order valence-corrected chi connectivity index (χ2v) is 4.20. The smallest absolute Gasteiger partial charge is 0.872 e. The van der Waals surface area contributed by atoms with Crippen LogP contribution in [0.5, 0.6) is 5.75 Å². The van der Waals surface area contributed by atoms with Gasteiger partial charge in [0, 0.05) is 6.26 Å². The van der Waals surface area contributed by atoms with Gasteiger partial charge in [-0.1, -0.05) is 23.9 Å². The third kappa shape index (κ3) is 2.79. The summed E-state index contributed by atoms with van der Waals surface area (Å²) in [5, 5.41) is 10.9. The van der Waals surface area contributed by atoms with E-state index in [9.17, 15) is 13.5 Å². The molecule has 0 radical (unpaired) electrons. The van der Waals surface area contributed by atoms with Crippen LogP contribution in [0.15, 0.2) is 29.2 Å². The van der Waals surface area contributed by atoms with Crippen LogP contribution in [0.25, 0.3) is 0 Å². The van der Waals surface area contributed by atoms with Crippen LogP contribution in [0, 0.1) is 0 Å². The Balaban J connectivity index is 0.00000121.